The van der Waals surface area contributed by atoms with Crippen molar-refractivity contribution < 1.29 is 9.53 Å². The van der Waals surface area contributed by atoms with Gasteiger partial charge in [-0.05, 0) is 30.4 Å². The largest absolute Gasteiger partial charge is 0.373 e. The molecule has 0 aromatic heterocycles. The molecule has 0 N–H and O–H groups in total. The first kappa shape index (κ1) is 17.0. The molecule has 1 amide bonds. The Hall–Kier alpha value is -1.35. The minimum atomic E-state index is -0.0757. The van der Waals surface area contributed by atoms with E-state index >= 15 is 0 Å². The zero-order chi connectivity index (χ0) is 15.9. The van der Waals surface area contributed by atoms with E-state index in [4.69, 9.17) is 4.74 Å². The SMILES string of the molecule is CCC(CC)CN(CC)C(=O)CC1OCCc2ccccc21. The highest BCUT2D eigenvalue weighted by molar-refractivity contribution is 5.77. The molecule has 0 saturated carbocycles. The Balaban J connectivity index is 2.02. The summed E-state index contributed by atoms with van der Waals surface area (Å²) in [5.74, 6) is 0.819. The fourth-order valence-electron chi connectivity index (χ4n) is 3.20. The monoisotopic (exact) mass is 303 g/mol. The summed E-state index contributed by atoms with van der Waals surface area (Å²) in [4.78, 5) is 14.7. The lowest BCUT2D eigenvalue weighted by Crippen LogP contribution is -2.36. The standard InChI is InChI=1S/C19H29NO2/c1-4-15(5-2)14-20(6-3)19(21)13-18-17-10-8-7-9-16(17)11-12-22-18/h7-10,15,18H,4-6,11-14H2,1-3H3. The average molecular weight is 303 g/mol. The molecule has 122 valence electrons. The van der Waals surface area contributed by atoms with Crippen LogP contribution in [0.5, 0.6) is 0 Å². The van der Waals surface area contributed by atoms with Crippen LogP contribution in [-0.2, 0) is 16.0 Å². The van der Waals surface area contributed by atoms with Gasteiger partial charge in [-0.1, -0.05) is 51.0 Å². The average Bonchev–Trinajstić information content (AvgIpc) is 2.56. The van der Waals surface area contributed by atoms with E-state index < -0.39 is 0 Å². The Morgan fingerprint density at radius 3 is 2.68 bits per heavy atom. The van der Waals surface area contributed by atoms with Crippen LogP contribution in [0, 0.1) is 5.92 Å². The molecule has 1 atom stereocenters. The van der Waals surface area contributed by atoms with E-state index in [-0.39, 0.29) is 12.0 Å². The van der Waals surface area contributed by atoms with E-state index in [0.717, 1.165) is 32.4 Å². The molecule has 1 aromatic rings. The Morgan fingerprint density at radius 2 is 2.00 bits per heavy atom. The number of ether oxygens (including phenoxy) is 1. The van der Waals surface area contributed by atoms with Crippen LogP contribution in [0.2, 0.25) is 0 Å². The van der Waals surface area contributed by atoms with Gasteiger partial charge in [0.25, 0.3) is 0 Å². The fraction of sp³-hybridized carbons (Fsp3) is 0.632. The van der Waals surface area contributed by atoms with E-state index in [2.05, 4.69) is 39.0 Å². The smallest absolute Gasteiger partial charge is 0.225 e. The fourth-order valence-corrected chi connectivity index (χ4v) is 3.20. The van der Waals surface area contributed by atoms with Gasteiger partial charge in [-0.2, -0.15) is 0 Å². The number of rotatable bonds is 7. The van der Waals surface area contributed by atoms with E-state index in [0.29, 0.717) is 18.9 Å². The number of benzene rings is 1. The second-order valence-corrected chi connectivity index (χ2v) is 6.13. The number of hydrogen-bond donors (Lipinski definition) is 0. The van der Waals surface area contributed by atoms with Crippen molar-refractivity contribution in [1.29, 1.82) is 0 Å². The molecule has 0 radical (unpaired) electrons. The molecule has 0 saturated heterocycles. The van der Waals surface area contributed by atoms with E-state index in [1.807, 2.05) is 11.0 Å². The van der Waals surface area contributed by atoms with Gasteiger partial charge in [-0.25, -0.2) is 0 Å². The Morgan fingerprint density at radius 1 is 1.27 bits per heavy atom. The molecule has 3 heteroatoms. The van der Waals surface area contributed by atoms with Gasteiger partial charge in [0.15, 0.2) is 0 Å². The van der Waals surface area contributed by atoms with Gasteiger partial charge >= 0.3 is 0 Å². The molecule has 0 bridgehead atoms. The molecule has 0 fully saturated rings. The lowest BCUT2D eigenvalue weighted by atomic mass is 9.95. The van der Waals surface area contributed by atoms with Crippen molar-refractivity contribution >= 4 is 5.91 Å². The normalized spacial score (nSPS) is 17.4. The minimum absolute atomic E-state index is 0.0757. The minimum Gasteiger partial charge on any atom is -0.373 e. The number of carbonyl (C=O) groups excluding carboxylic acids is 1. The second-order valence-electron chi connectivity index (χ2n) is 6.13. The zero-order valence-corrected chi connectivity index (χ0v) is 14.2. The molecule has 1 aliphatic rings. The summed E-state index contributed by atoms with van der Waals surface area (Å²) >= 11 is 0. The highest BCUT2D eigenvalue weighted by atomic mass is 16.5. The number of hydrogen-bond acceptors (Lipinski definition) is 2. The lowest BCUT2D eigenvalue weighted by molar-refractivity contribution is -0.135. The summed E-state index contributed by atoms with van der Waals surface area (Å²) in [6.07, 6.45) is 3.59. The molecule has 1 aliphatic heterocycles. The van der Waals surface area contributed by atoms with Crippen LogP contribution in [0.3, 0.4) is 0 Å². The number of fused-ring (bicyclic) bond motifs is 1. The van der Waals surface area contributed by atoms with Crippen LogP contribution in [0.15, 0.2) is 24.3 Å². The summed E-state index contributed by atoms with van der Waals surface area (Å²) in [6, 6.07) is 8.35. The Bertz CT molecular complexity index is 482. The summed E-state index contributed by atoms with van der Waals surface area (Å²) in [5, 5.41) is 0. The van der Waals surface area contributed by atoms with Gasteiger partial charge in [0.05, 0.1) is 19.1 Å². The maximum atomic E-state index is 12.7. The summed E-state index contributed by atoms with van der Waals surface area (Å²) in [7, 11) is 0. The highest BCUT2D eigenvalue weighted by Crippen LogP contribution is 2.30. The zero-order valence-electron chi connectivity index (χ0n) is 14.2. The maximum Gasteiger partial charge on any atom is 0.225 e. The first-order valence-electron chi connectivity index (χ1n) is 8.66. The second kappa shape index (κ2) is 8.33. The van der Waals surface area contributed by atoms with Crippen molar-refractivity contribution in [2.24, 2.45) is 5.92 Å². The summed E-state index contributed by atoms with van der Waals surface area (Å²) in [6.45, 7) is 8.84. The Labute approximate surface area is 134 Å². The van der Waals surface area contributed by atoms with E-state index in [9.17, 15) is 4.79 Å². The van der Waals surface area contributed by atoms with Crippen LogP contribution in [0.1, 0.15) is 57.3 Å². The van der Waals surface area contributed by atoms with Crippen LogP contribution in [0.4, 0.5) is 0 Å². The molecular formula is C19H29NO2. The molecular weight excluding hydrogens is 274 g/mol. The third kappa shape index (κ3) is 4.10. The molecule has 22 heavy (non-hydrogen) atoms. The number of amides is 1. The van der Waals surface area contributed by atoms with Gasteiger partial charge in [0.2, 0.25) is 5.91 Å². The number of nitrogens with zero attached hydrogens (tertiary/aromatic N) is 1. The molecule has 1 heterocycles. The van der Waals surface area contributed by atoms with Gasteiger partial charge in [0, 0.05) is 13.1 Å². The van der Waals surface area contributed by atoms with Crippen LogP contribution < -0.4 is 0 Å². The van der Waals surface area contributed by atoms with Gasteiger partial charge in [-0.15, -0.1) is 0 Å². The summed E-state index contributed by atoms with van der Waals surface area (Å²) in [5.41, 5.74) is 2.52. The molecule has 3 nitrogen and oxygen atoms in total. The maximum absolute atomic E-state index is 12.7. The molecule has 2 rings (SSSR count). The Kier molecular flexibility index (Phi) is 6.44. The summed E-state index contributed by atoms with van der Waals surface area (Å²) < 4.78 is 5.88. The lowest BCUT2D eigenvalue weighted by Gasteiger charge is -2.30. The van der Waals surface area contributed by atoms with Crippen molar-refractivity contribution in [3.05, 3.63) is 35.4 Å². The molecule has 1 aromatic carbocycles. The highest BCUT2D eigenvalue weighted by Gasteiger charge is 2.25. The first-order chi connectivity index (χ1) is 10.7. The van der Waals surface area contributed by atoms with Crippen molar-refractivity contribution in [2.75, 3.05) is 19.7 Å². The van der Waals surface area contributed by atoms with Gasteiger partial charge in [-0.3, -0.25) is 4.79 Å². The van der Waals surface area contributed by atoms with Crippen molar-refractivity contribution in [3.8, 4) is 0 Å². The van der Waals surface area contributed by atoms with Crippen LogP contribution in [0.25, 0.3) is 0 Å². The van der Waals surface area contributed by atoms with Crippen molar-refractivity contribution in [3.63, 3.8) is 0 Å². The van der Waals surface area contributed by atoms with E-state index in [1.165, 1.54) is 11.1 Å². The molecule has 0 aliphatic carbocycles. The van der Waals surface area contributed by atoms with Crippen molar-refractivity contribution in [1.82, 2.24) is 4.90 Å². The van der Waals surface area contributed by atoms with Gasteiger partial charge < -0.3 is 9.64 Å². The third-order valence-electron chi connectivity index (χ3n) is 4.82. The predicted octanol–water partition coefficient (Wildman–Crippen LogP) is 3.98. The van der Waals surface area contributed by atoms with Gasteiger partial charge in [0.1, 0.15) is 0 Å². The topological polar surface area (TPSA) is 29.5 Å². The van der Waals surface area contributed by atoms with Crippen LogP contribution in [-0.4, -0.2) is 30.5 Å². The molecule has 1 unspecified atom stereocenters. The van der Waals surface area contributed by atoms with Crippen molar-refractivity contribution in [2.45, 2.75) is 52.6 Å². The number of carbonyl (C=O) groups is 1. The molecule has 0 spiro atoms. The third-order valence-corrected chi connectivity index (χ3v) is 4.82. The van der Waals surface area contributed by atoms with Crippen LogP contribution >= 0.6 is 0 Å². The quantitative estimate of drug-likeness (QED) is 0.762. The predicted molar refractivity (Wildman–Crippen MR) is 89.8 cm³/mol. The van der Waals surface area contributed by atoms with E-state index in [1.54, 1.807) is 0 Å². The first-order valence-corrected chi connectivity index (χ1v) is 8.66.